The van der Waals surface area contributed by atoms with Gasteiger partial charge in [0.05, 0.1) is 7.11 Å². The summed E-state index contributed by atoms with van der Waals surface area (Å²) in [6.07, 6.45) is 2.73. The summed E-state index contributed by atoms with van der Waals surface area (Å²) < 4.78 is 18.5. The number of halogens is 1. The van der Waals surface area contributed by atoms with Crippen LogP contribution in [0.2, 0.25) is 0 Å². The molecule has 0 spiro atoms. The Labute approximate surface area is 96.6 Å². The van der Waals surface area contributed by atoms with Gasteiger partial charge < -0.3 is 10.5 Å². The second kappa shape index (κ2) is 6.48. The third-order valence-electron chi connectivity index (χ3n) is 2.83. The second-order valence-electron chi connectivity index (χ2n) is 4.18. The van der Waals surface area contributed by atoms with Crippen molar-refractivity contribution in [1.82, 2.24) is 0 Å². The number of benzene rings is 1. The van der Waals surface area contributed by atoms with Crippen LogP contribution in [0.5, 0.6) is 5.75 Å². The zero-order valence-corrected chi connectivity index (χ0v) is 10.0. The quantitative estimate of drug-likeness (QED) is 0.808. The Kier molecular flexibility index (Phi) is 5.26. The maximum absolute atomic E-state index is 13.6. The summed E-state index contributed by atoms with van der Waals surface area (Å²) in [6, 6.07) is 5.03. The molecule has 0 aromatic heterocycles. The van der Waals surface area contributed by atoms with E-state index in [4.69, 9.17) is 10.5 Å². The van der Waals surface area contributed by atoms with Gasteiger partial charge in [-0.25, -0.2) is 4.39 Å². The van der Waals surface area contributed by atoms with Gasteiger partial charge in [0.1, 0.15) is 11.6 Å². The second-order valence-corrected chi connectivity index (χ2v) is 4.18. The van der Waals surface area contributed by atoms with Gasteiger partial charge in [-0.1, -0.05) is 13.0 Å². The van der Waals surface area contributed by atoms with E-state index in [0.717, 1.165) is 24.8 Å². The summed E-state index contributed by atoms with van der Waals surface area (Å²) in [5, 5.41) is 0. The maximum atomic E-state index is 13.6. The van der Waals surface area contributed by atoms with Crippen molar-refractivity contribution in [1.29, 1.82) is 0 Å². The van der Waals surface area contributed by atoms with E-state index in [1.165, 1.54) is 13.2 Å². The molecule has 2 N–H and O–H groups in total. The highest BCUT2D eigenvalue weighted by molar-refractivity contribution is 5.28. The molecule has 2 nitrogen and oxygen atoms in total. The van der Waals surface area contributed by atoms with Crippen LogP contribution in [0.15, 0.2) is 18.2 Å². The molecular formula is C13H20FNO. The lowest BCUT2D eigenvalue weighted by molar-refractivity contribution is 0.410. The van der Waals surface area contributed by atoms with Crippen LogP contribution >= 0.6 is 0 Å². The first-order valence-electron chi connectivity index (χ1n) is 5.70. The molecule has 0 amide bonds. The van der Waals surface area contributed by atoms with Crippen LogP contribution in [0.25, 0.3) is 0 Å². The Bertz CT molecular complexity index is 328. The molecule has 0 aliphatic rings. The fraction of sp³-hybridized carbons (Fsp3) is 0.538. The van der Waals surface area contributed by atoms with Crippen LogP contribution in [0.3, 0.4) is 0 Å². The minimum absolute atomic E-state index is 0.181. The van der Waals surface area contributed by atoms with Crippen molar-refractivity contribution in [3.05, 3.63) is 29.6 Å². The highest BCUT2D eigenvalue weighted by Gasteiger charge is 2.06. The van der Waals surface area contributed by atoms with Crippen LogP contribution in [-0.2, 0) is 6.42 Å². The lowest BCUT2D eigenvalue weighted by atomic mass is 9.98. The van der Waals surface area contributed by atoms with Gasteiger partial charge in [-0.3, -0.25) is 0 Å². The zero-order chi connectivity index (χ0) is 12.0. The van der Waals surface area contributed by atoms with Gasteiger partial charge in [0.15, 0.2) is 0 Å². The average Bonchev–Trinajstić information content (AvgIpc) is 2.27. The molecule has 1 rings (SSSR count). The molecular weight excluding hydrogens is 205 g/mol. The Hall–Kier alpha value is -1.09. The summed E-state index contributed by atoms with van der Waals surface area (Å²) in [7, 11) is 1.54. The molecule has 1 aromatic carbocycles. The van der Waals surface area contributed by atoms with E-state index in [0.29, 0.717) is 18.2 Å². The minimum atomic E-state index is -0.181. The van der Waals surface area contributed by atoms with E-state index < -0.39 is 0 Å². The van der Waals surface area contributed by atoms with E-state index in [2.05, 4.69) is 6.92 Å². The molecule has 0 radical (unpaired) electrons. The van der Waals surface area contributed by atoms with Crippen molar-refractivity contribution in [2.75, 3.05) is 13.7 Å². The van der Waals surface area contributed by atoms with Gasteiger partial charge in [-0.15, -0.1) is 0 Å². The van der Waals surface area contributed by atoms with Crippen LogP contribution in [0, 0.1) is 11.7 Å². The largest absolute Gasteiger partial charge is 0.497 e. The number of ether oxygens (including phenoxy) is 1. The van der Waals surface area contributed by atoms with Crippen molar-refractivity contribution in [2.45, 2.75) is 26.2 Å². The van der Waals surface area contributed by atoms with Gasteiger partial charge in [0, 0.05) is 6.07 Å². The Morgan fingerprint density at radius 2 is 2.12 bits per heavy atom. The van der Waals surface area contributed by atoms with Crippen molar-refractivity contribution in [3.63, 3.8) is 0 Å². The predicted octanol–water partition coefficient (Wildman–Crippen LogP) is 2.75. The topological polar surface area (TPSA) is 35.2 Å². The fourth-order valence-corrected chi connectivity index (χ4v) is 1.69. The van der Waals surface area contributed by atoms with E-state index >= 15 is 0 Å². The first-order chi connectivity index (χ1) is 7.67. The molecule has 0 bridgehead atoms. The molecule has 0 fully saturated rings. The number of aryl methyl sites for hydroxylation is 1. The van der Waals surface area contributed by atoms with Crippen molar-refractivity contribution in [2.24, 2.45) is 11.7 Å². The summed E-state index contributed by atoms with van der Waals surface area (Å²) in [4.78, 5) is 0. The van der Waals surface area contributed by atoms with Crippen molar-refractivity contribution >= 4 is 0 Å². The summed E-state index contributed by atoms with van der Waals surface area (Å²) in [6.45, 7) is 2.85. The molecule has 1 aromatic rings. The number of rotatable bonds is 6. The molecule has 1 atom stereocenters. The number of nitrogens with two attached hydrogens (primary N) is 1. The molecule has 16 heavy (non-hydrogen) atoms. The third-order valence-corrected chi connectivity index (χ3v) is 2.83. The first-order valence-corrected chi connectivity index (χ1v) is 5.70. The van der Waals surface area contributed by atoms with Gasteiger partial charge in [0.25, 0.3) is 0 Å². The van der Waals surface area contributed by atoms with Gasteiger partial charge in [-0.2, -0.15) is 0 Å². The molecule has 0 aliphatic carbocycles. The van der Waals surface area contributed by atoms with E-state index in [1.807, 2.05) is 0 Å². The highest BCUT2D eigenvalue weighted by atomic mass is 19.1. The molecule has 0 saturated carbocycles. The van der Waals surface area contributed by atoms with Crippen LogP contribution in [0.4, 0.5) is 4.39 Å². The Balaban J connectivity index is 2.54. The van der Waals surface area contributed by atoms with Crippen molar-refractivity contribution < 1.29 is 9.13 Å². The lowest BCUT2D eigenvalue weighted by Crippen LogP contribution is -2.07. The monoisotopic (exact) mass is 225 g/mol. The molecule has 0 heterocycles. The first kappa shape index (κ1) is 13.0. The summed E-state index contributed by atoms with van der Waals surface area (Å²) in [5.41, 5.74) is 6.23. The van der Waals surface area contributed by atoms with Gasteiger partial charge in [-0.05, 0) is 43.4 Å². The van der Waals surface area contributed by atoms with Crippen molar-refractivity contribution in [3.8, 4) is 5.75 Å². The number of hydrogen-bond donors (Lipinski definition) is 1. The SMILES string of the molecule is COc1ccc(CCC(C)CCN)c(F)c1. The van der Waals surface area contributed by atoms with E-state index in [9.17, 15) is 4.39 Å². The van der Waals surface area contributed by atoms with Crippen LogP contribution in [0.1, 0.15) is 25.3 Å². The highest BCUT2D eigenvalue weighted by Crippen LogP contribution is 2.19. The number of hydrogen-bond acceptors (Lipinski definition) is 2. The Morgan fingerprint density at radius 3 is 2.69 bits per heavy atom. The minimum Gasteiger partial charge on any atom is -0.497 e. The zero-order valence-electron chi connectivity index (χ0n) is 10.0. The normalized spacial score (nSPS) is 12.5. The number of methoxy groups -OCH3 is 1. The lowest BCUT2D eigenvalue weighted by Gasteiger charge is -2.10. The van der Waals surface area contributed by atoms with Crippen LogP contribution < -0.4 is 10.5 Å². The summed E-state index contributed by atoms with van der Waals surface area (Å²) in [5.74, 6) is 0.932. The molecule has 90 valence electrons. The average molecular weight is 225 g/mol. The van der Waals surface area contributed by atoms with Gasteiger partial charge >= 0.3 is 0 Å². The smallest absolute Gasteiger partial charge is 0.130 e. The van der Waals surface area contributed by atoms with E-state index in [1.54, 1.807) is 12.1 Å². The van der Waals surface area contributed by atoms with Crippen LogP contribution in [-0.4, -0.2) is 13.7 Å². The third kappa shape index (κ3) is 3.81. The standard InChI is InChI=1S/C13H20FNO/c1-10(7-8-15)3-4-11-5-6-12(16-2)9-13(11)14/h5-6,9-10H,3-4,7-8,15H2,1-2H3. The summed E-state index contributed by atoms with van der Waals surface area (Å²) >= 11 is 0. The van der Waals surface area contributed by atoms with Gasteiger partial charge in [0.2, 0.25) is 0 Å². The fourth-order valence-electron chi connectivity index (χ4n) is 1.69. The van der Waals surface area contributed by atoms with E-state index in [-0.39, 0.29) is 5.82 Å². The molecule has 0 saturated heterocycles. The molecule has 3 heteroatoms. The Morgan fingerprint density at radius 1 is 1.38 bits per heavy atom. The maximum Gasteiger partial charge on any atom is 0.130 e. The molecule has 1 unspecified atom stereocenters. The molecule has 0 aliphatic heterocycles. The predicted molar refractivity (Wildman–Crippen MR) is 64.1 cm³/mol.